The van der Waals surface area contributed by atoms with Crippen molar-refractivity contribution in [2.45, 2.75) is 39.8 Å². The molecule has 0 radical (unpaired) electrons. The third kappa shape index (κ3) is 4.72. The predicted octanol–water partition coefficient (Wildman–Crippen LogP) is 2.01. The standard InChI is InChI=1S/C11H20N2OS2/c1-8(5-6-16(4)14)12-7-11-9(2)13-10(3)15-11/h8,12H,5-7H2,1-4H3. The van der Waals surface area contributed by atoms with Gasteiger partial charge in [-0.2, -0.15) is 0 Å². The minimum atomic E-state index is -0.684. The first-order chi connectivity index (χ1) is 7.49. The SMILES string of the molecule is Cc1nc(C)c(CNC(C)CCS(C)=O)s1. The third-order valence-electron chi connectivity index (χ3n) is 2.45. The quantitative estimate of drug-likeness (QED) is 0.851. The predicted molar refractivity (Wildman–Crippen MR) is 71.4 cm³/mol. The van der Waals surface area contributed by atoms with E-state index < -0.39 is 10.8 Å². The Balaban J connectivity index is 2.34. The van der Waals surface area contributed by atoms with Crippen molar-refractivity contribution < 1.29 is 4.21 Å². The molecule has 0 fully saturated rings. The second-order valence-corrected chi connectivity index (χ2v) is 6.93. The van der Waals surface area contributed by atoms with Crippen LogP contribution in [0.3, 0.4) is 0 Å². The van der Waals surface area contributed by atoms with Crippen molar-refractivity contribution in [1.29, 1.82) is 0 Å². The number of hydrogen-bond donors (Lipinski definition) is 1. The molecule has 0 saturated heterocycles. The van der Waals surface area contributed by atoms with E-state index in [0.29, 0.717) is 6.04 Å². The molecule has 0 saturated carbocycles. The van der Waals surface area contributed by atoms with Crippen LogP contribution < -0.4 is 5.32 Å². The summed E-state index contributed by atoms with van der Waals surface area (Å²) < 4.78 is 11.0. The summed E-state index contributed by atoms with van der Waals surface area (Å²) in [7, 11) is -0.684. The first-order valence-electron chi connectivity index (χ1n) is 5.45. The molecule has 0 aliphatic rings. The van der Waals surface area contributed by atoms with Gasteiger partial charge in [0.25, 0.3) is 0 Å². The Morgan fingerprint density at radius 2 is 2.19 bits per heavy atom. The van der Waals surface area contributed by atoms with Gasteiger partial charge in [-0.15, -0.1) is 11.3 Å². The zero-order valence-corrected chi connectivity index (χ0v) is 12.0. The Bertz CT molecular complexity index is 363. The van der Waals surface area contributed by atoms with Gasteiger partial charge in [-0.25, -0.2) is 4.98 Å². The van der Waals surface area contributed by atoms with Crippen LogP contribution in [0, 0.1) is 13.8 Å². The lowest BCUT2D eigenvalue weighted by molar-refractivity contribution is 0.536. The topological polar surface area (TPSA) is 42.0 Å². The number of aryl methyl sites for hydroxylation is 2. The van der Waals surface area contributed by atoms with Crippen molar-refractivity contribution >= 4 is 22.1 Å². The molecule has 92 valence electrons. The average molecular weight is 260 g/mol. The lowest BCUT2D eigenvalue weighted by Gasteiger charge is -2.12. The van der Waals surface area contributed by atoms with E-state index in [1.54, 1.807) is 17.6 Å². The fraction of sp³-hybridized carbons (Fsp3) is 0.727. The maximum absolute atomic E-state index is 11.0. The summed E-state index contributed by atoms with van der Waals surface area (Å²) in [6.45, 7) is 7.09. The third-order valence-corrected chi connectivity index (χ3v) is 4.33. The molecule has 5 heteroatoms. The molecule has 0 spiro atoms. The Morgan fingerprint density at radius 1 is 1.50 bits per heavy atom. The van der Waals surface area contributed by atoms with E-state index in [1.807, 2.05) is 13.8 Å². The van der Waals surface area contributed by atoms with Crippen LogP contribution in [0.25, 0.3) is 0 Å². The average Bonchev–Trinajstić information content (AvgIpc) is 2.51. The maximum Gasteiger partial charge on any atom is 0.0900 e. The van der Waals surface area contributed by atoms with E-state index >= 15 is 0 Å². The Kier molecular flexibility index (Phi) is 5.58. The Labute approximate surface area is 104 Å². The van der Waals surface area contributed by atoms with Crippen molar-refractivity contribution in [3.63, 3.8) is 0 Å². The molecule has 2 atom stereocenters. The van der Waals surface area contributed by atoms with Crippen LogP contribution >= 0.6 is 11.3 Å². The second kappa shape index (κ2) is 6.47. The van der Waals surface area contributed by atoms with E-state index in [-0.39, 0.29) is 0 Å². The van der Waals surface area contributed by atoms with E-state index in [9.17, 15) is 4.21 Å². The highest BCUT2D eigenvalue weighted by Crippen LogP contribution is 2.16. The van der Waals surface area contributed by atoms with E-state index in [2.05, 4.69) is 17.2 Å². The van der Waals surface area contributed by atoms with Crippen molar-refractivity contribution in [2.24, 2.45) is 0 Å². The zero-order valence-electron chi connectivity index (χ0n) is 10.4. The maximum atomic E-state index is 11.0. The molecular formula is C11H20N2OS2. The van der Waals surface area contributed by atoms with Crippen molar-refractivity contribution in [1.82, 2.24) is 10.3 Å². The summed E-state index contributed by atoms with van der Waals surface area (Å²) in [6, 6.07) is 0.408. The van der Waals surface area contributed by atoms with Crippen LogP contribution in [-0.2, 0) is 17.3 Å². The summed E-state index contributed by atoms with van der Waals surface area (Å²) in [6.07, 6.45) is 2.71. The van der Waals surface area contributed by atoms with Crippen LogP contribution in [0.4, 0.5) is 0 Å². The van der Waals surface area contributed by atoms with Crippen molar-refractivity contribution in [3.8, 4) is 0 Å². The lowest BCUT2D eigenvalue weighted by Crippen LogP contribution is -2.26. The zero-order chi connectivity index (χ0) is 12.1. The van der Waals surface area contributed by atoms with Crippen molar-refractivity contribution in [3.05, 3.63) is 15.6 Å². The monoisotopic (exact) mass is 260 g/mol. The molecule has 0 aliphatic carbocycles. The van der Waals surface area contributed by atoms with Gasteiger partial charge in [0.15, 0.2) is 0 Å². The molecule has 3 nitrogen and oxygen atoms in total. The van der Waals surface area contributed by atoms with E-state index in [1.165, 1.54) is 4.88 Å². The van der Waals surface area contributed by atoms with Crippen LogP contribution in [0.5, 0.6) is 0 Å². The summed E-state index contributed by atoms with van der Waals surface area (Å²) in [5.41, 5.74) is 1.13. The molecule has 1 rings (SSSR count). The Hall–Kier alpha value is -0.260. The van der Waals surface area contributed by atoms with E-state index in [0.717, 1.165) is 29.4 Å². The number of rotatable bonds is 6. The minimum absolute atomic E-state index is 0.408. The van der Waals surface area contributed by atoms with Gasteiger partial charge in [-0.05, 0) is 27.2 Å². The molecule has 16 heavy (non-hydrogen) atoms. The molecule has 0 bridgehead atoms. The van der Waals surface area contributed by atoms with Crippen LogP contribution in [-0.4, -0.2) is 27.2 Å². The normalized spacial score (nSPS) is 15.0. The fourth-order valence-electron chi connectivity index (χ4n) is 1.45. The largest absolute Gasteiger partial charge is 0.309 e. The van der Waals surface area contributed by atoms with Crippen LogP contribution in [0.15, 0.2) is 0 Å². The lowest BCUT2D eigenvalue weighted by atomic mass is 10.2. The smallest absolute Gasteiger partial charge is 0.0900 e. The summed E-state index contributed by atoms with van der Waals surface area (Å²) >= 11 is 1.75. The first kappa shape index (κ1) is 13.8. The van der Waals surface area contributed by atoms with Crippen LogP contribution in [0.1, 0.15) is 28.9 Å². The molecular weight excluding hydrogens is 240 g/mol. The molecule has 1 aromatic heterocycles. The summed E-state index contributed by atoms with van der Waals surface area (Å²) in [5.74, 6) is 0.773. The minimum Gasteiger partial charge on any atom is -0.309 e. The summed E-state index contributed by atoms with van der Waals surface area (Å²) in [5, 5.41) is 4.57. The number of hydrogen-bond acceptors (Lipinski definition) is 4. The van der Waals surface area contributed by atoms with Gasteiger partial charge in [0.05, 0.1) is 10.7 Å². The summed E-state index contributed by atoms with van der Waals surface area (Å²) in [4.78, 5) is 5.70. The number of aromatic nitrogens is 1. The van der Waals surface area contributed by atoms with E-state index in [4.69, 9.17) is 0 Å². The first-order valence-corrected chi connectivity index (χ1v) is 7.99. The number of thiazole rings is 1. The van der Waals surface area contributed by atoms with Gasteiger partial charge in [0.1, 0.15) is 0 Å². The van der Waals surface area contributed by atoms with Gasteiger partial charge in [0.2, 0.25) is 0 Å². The highest BCUT2D eigenvalue weighted by Gasteiger charge is 2.07. The molecule has 1 N–H and O–H groups in total. The molecule has 0 aromatic carbocycles. The van der Waals surface area contributed by atoms with Gasteiger partial charge in [-0.3, -0.25) is 4.21 Å². The molecule has 0 amide bonds. The van der Waals surface area contributed by atoms with Crippen LogP contribution in [0.2, 0.25) is 0 Å². The number of nitrogens with one attached hydrogen (secondary N) is 1. The van der Waals surface area contributed by atoms with Gasteiger partial charge >= 0.3 is 0 Å². The van der Waals surface area contributed by atoms with Crippen molar-refractivity contribution in [2.75, 3.05) is 12.0 Å². The highest BCUT2D eigenvalue weighted by atomic mass is 32.2. The van der Waals surface area contributed by atoms with Gasteiger partial charge in [-0.1, -0.05) is 0 Å². The highest BCUT2D eigenvalue weighted by molar-refractivity contribution is 7.84. The Morgan fingerprint density at radius 3 is 2.69 bits per heavy atom. The number of nitrogens with zero attached hydrogens (tertiary/aromatic N) is 1. The van der Waals surface area contributed by atoms with Gasteiger partial charge < -0.3 is 5.32 Å². The fourth-order valence-corrected chi connectivity index (χ4v) is 3.02. The molecule has 2 unspecified atom stereocenters. The molecule has 0 aliphatic heterocycles. The van der Waals surface area contributed by atoms with Gasteiger partial charge in [0, 0.05) is 40.3 Å². The second-order valence-electron chi connectivity index (χ2n) is 4.09. The molecule has 1 heterocycles. The molecule has 1 aromatic rings.